The average Bonchev–Trinajstić information content (AvgIpc) is 2.30. The van der Waals surface area contributed by atoms with E-state index in [4.69, 9.17) is 17.3 Å². The molecule has 1 nitrogen and oxygen atoms in total. The topological polar surface area (TPSA) is 26.0 Å². The number of halogens is 4. The Labute approximate surface area is 117 Å². The standard InChI is InChI=1S/C13H9ClF3NS/c14-11-6-8(13(15,16)17)4-5-12(11)19-10-3-1-2-9(18)7-10/h1-7H,18H2. The predicted molar refractivity (Wildman–Crippen MR) is 71.4 cm³/mol. The van der Waals surface area contributed by atoms with Crippen LogP contribution in [0.4, 0.5) is 18.9 Å². The summed E-state index contributed by atoms with van der Waals surface area (Å²) in [4.78, 5) is 1.38. The summed E-state index contributed by atoms with van der Waals surface area (Å²) >= 11 is 7.14. The summed E-state index contributed by atoms with van der Waals surface area (Å²) in [6.07, 6.45) is -4.38. The van der Waals surface area contributed by atoms with Crippen molar-refractivity contribution in [2.45, 2.75) is 16.0 Å². The lowest BCUT2D eigenvalue weighted by Gasteiger charge is -2.09. The van der Waals surface area contributed by atoms with E-state index >= 15 is 0 Å². The maximum Gasteiger partial charge on any atom is 0.416 e. The SMILES string of the molecule is Nc1cccc(Sc2ccc(C(F)(F)F)cc2Cl)c1. The van der Waals surface area contributed by atoms with Gasteiger partial charge in [-0.3, -0.25) is 0 Å². The van der Waals surface area contributed by atoms with Gasteiger partial charge in [0.2, 0.25) is 0 Å². The molecule has 6 heteroatoms. The van der Waals surface area contributed by atoms with Gasteiger partial charge in [0.15, 0.2) is 0 Å². The molecule has 2 rings (SSSR count). The van der Waals surface area contributed by atoms with Gasteiger partial charge >= 0.3 is 6.18 Å². The van der Waals surface area contributed by atoms with Crippen LogP contribution in [0.5, 0.6) is 0 Å². The minimum Gasteiger partial charge on any atom is -0.399 e. The lowest BCUT2D eigenvalue weighted by Crippen LogP contribution is -2.04. The Morgan fingerprint density at radius 3 is 2.37 bits per heavy atom. The molecule has 0 unspecified atom stereocenters. The van der Waals surface area contributed by atoms with Crippen molar-refractivity contribution in [3.8, 4) is 0 Å². The van der Waals surface area contributed by atoms with Crippen LogP contribution in [-0.4, -0.2) is 0 Å². The van der Waals surface area contributed by atoms with Crippen molar-refractivity contribution in [1.29, 1.82) is 0 Å². The number of nitrogens with two attached hydrogens (primary N) is 1. The first-order valence-electron chi connectivity index (χ1n) is 5.26. The van der Waals surface area contributed by atoms with E-state index in [-0.39, 0.29) is 5.02 Å². The summed E-state index contributed by atoms with van der Waals surface area (Å²) in [5, 5.41) is 0.0715. The van der Waals surface area contributed by atoms with Crippen LogP contribution in [0.1, 0.15) is 5.56 Å². The molecule has 0 aliphatic rings. The minimum absolute atomic E-state index is 0.0715. The van der Waals surface area contributed by atoms with Crippen LogP contribution in [0.25, 0.3) is 0 Å². The van der Waals surface area contributed by atoms with E-state index in [0.717, 1.165) is 17.0 Å². The predicted octanol–water partition coefficient (Wildman–Crippen LogP) is 5.09. The molecule has 0 heterocycles. The van der Waals surface area contributed by atoms with Gasteiger partial charge in [0.1, 0.15) is 0 Å². The van der Waals surface area contributed by atoms with Crippen molar-refractivity contribution in [2.75, 3.05) is 5.73 Å². The number of hydrogen-bond acceptors (Lipinski definition) is 2. The van der Waals surface area contributed by atoms with Crippen LogP contribution in [0.15, 0.2) is 52.3 Å². The van der Waals surface area contributed by atoms with Gasteiger partial charge in [-0.15, -0.1) is 0 Å². The van der Waals surface area contributed by atoms with E-state index in [2.05, 4.69) is 0 Å². The maximum absolute atomic E-state index is 12.5. The highest BCUT2D eigenvalue weighted by Gasteiger charge is 2.30. The fourth-order valence-corrected chi connectivity index (χ4v) is 2.65. The highest BCUT2D eigenvalue weighted by Crippen LogP contribution is 2.38. The van der Waals surface area contributed by atoms with Crippen molar-refractivity contribution in [1.82, 2.24) is 0 Å². The van der Waals surface area contributed by atoms with Crippen LogP contribution in [-0.2, 0) is 6.18 Å². The lowest BCUT2D eigenvalue weighted by molar-refractivity contribution is -0.137. The highest BCUT2D eigenvalue weighted by atomic mass is 35.5. The molecular weight excluding hydrogens is 295 g/mol. The molecule has 0 radical (unpaired) electrons. The van der Waals surface area contributed by atoms with E-state index in [9.17, 15) is 13.2 Å². The fourth-order valence-electron chi connectivity index (χ4n) is 1.46. The van der Waals surface area contributed by atoms with E-state index in [1.165, 1.54) is 17.8 Å². The van der Waals surface area contributed by atoms with Gasteiger partial charge in [0.05, 0.1) is 10.6 Å². The van der Waals surface area contributed by atoms with Gasteiger partial charge < -0.3 is 5.73 Å². The Kier molecular flexibility index (Phi) is 3.96. The molecule has 0 atom stereocenters. The molecule has 0 saturated carbocycles. The Balaban J connectivity index is 2.27. The lowest BCUT2D eigenvalue weighted by atomic mass is 10.2. The number of rotatable bonds is 2. The summed E-state index contributed by atoms with van der Waals surface area (Å²) < 4.78 is 37.5. The number of nitrogen functional groups attached to an aromatic ring is 1. The first-order valence-corrected chi connectivity index (χ1v) is 6.46. The van der Waals surface area contributed by atoms with Crippen molar-refractivity contribution in [3.63, 3.8) is 0 Å². The average molecular weight is 304 g/mol. The second-order valence-corrected chi connectivity index (χ2v) is 5.34. The summed E-state index contributed by atoms with van der Waals surface area (Å²) in [5.41, 5.74) is 5.47. The first kappa shape index (κ1) is 14.1. The highest BCUT2D eigenvalue weighted by molar-refractivity contribution is 7.99. The van der Waals surface area contributed by atoms with Crippen molar-refractivity contribution in [2.24, 2.45) is 0 Å². The molecule has 100 valence electrons. The van der Waals surface area contributed by atoms with E-state index < -0.39 is 11.7 Å². The van der Waals surface area contributed by atoms with Gasteiger partial charge in [0.25, 0.3) is 0 Å². The van der Waals surface area contributed by atoms with Crippen LogP contribution in [0.3, 0.4) is 0 Å². The van der Waals surface area contributed by atoms with E-state index in [0.29, 0.717) is 10.6 Å². The van der Waals surface area contributed by atoms with Gasteiger partial charge in [-0.1, -0.05) is 29.4 Å². The first-order chi connectivity index (χ1) is 8.86. The van der Waals surface area contributed by atoms with Gasteiger partial charge in [0, 0.05) is 15.5 Å². The summed E-state index contributed by atoms with van der Waals surface area (Å²) in [6.45, 7) is 0. The van der Waals surface area contributed by atoms with Crippen LogP contribution in [0, 0.1) is 0 Å². The molecule has 2 aromatic rings. The van der Waals surface area contributed by atoms with E-state index in [1.807, 2.05) is 6.07 Å². The minimum atomic E-state index is -4.38. The third-order valence-electron chi connectivity index (χ3n) is 2.35. The molecule has 0 fully saturated rings. The molecule has 0 spiro atoms. The molecule has 0 aliphatic heterocycles. The fraction of sp³-hybridized carbons (Fsp3) is 0.0769. The van der Waals surface area contributed by atoms with Crippen LogP contribution >= 0.6 is 23.4 Å². The van der Waals surface area contributed by atoms with Gasteiger partial charge in [-0.05, 0) is 36.4 Å². The molecule has 2 N–H and O–H groups in total. The third-order valence-corrected chi connectivity index (χ3v) is 3.84. The Morgan fingerprint density at radius 1 is 1.05 bits per heavy atom. The zero-order valence-electron chi connectivity index (χ0n) is 9.54. The van der Waals surface area contributed by atoms with Crippen molar-refractivity contribution >= 4 is 29.1 Å². The van der Waals surface area contributed by atoms with Gasteiger partial charge in [-0.25, -0.2) is 0 Å². The Morgan fingerprint density at radius 2 is 1.79 bits per heavy atom. The molecule has 0 amide bonds. The zero-order valence-corrected chi connectivity index (χ0v) is 11.1. The van der Waals surface area contributed by atoms with Crippen molar-refractivity contribution < 1.29 is 13.2 Å². The van der Waals surface area contributed by atoms with Crippen LogP contribution < -0.4 is 5.73 Å². The number of alkyl halides is 3. The third kappa shape index (κ3) is 3.58. The smallest absolute Gasteiger partial charge is 0.399 e. The van der Waals surface area contributed by atoms with Crippen molar-refractivity contribution in [3.05, 3.63) is 53.1 Å². The Bertz CT molecular complexity index is 599. The second kappa shape index (κ2) is 5.35. The molecule has 0 aliphatic carbocycles. The molecule has 0 bridgehead atoms. The molecule has 0 aromatic heterocycles. The number of anilines is 1. The van der Waals surface area contributed by atoms with E-state index in [1.54, 1.807) is 18.2 Å². The maximum atomic E-state index is 12.5. The van der Waals surface area contributed by atoms with Crippen LogP contribution in [0.2, 0.25) is 5.02 Å². The summed E-state index contributed by atoms with van der Waals surface area (Å²) in [5.74, 6) is 0. The molecule has 19 heavy (non-hydrogen) atoms. The van der Waals surface area contributed by atoms with Gasteiger partial charge in [-0.2, -0.15) is 13.2 Å². The molecular formula is C13H9ClF3NS. The monoisotopic (exact) mass is 303 g/mol. The normalized spacial score (nSPS) is 11.6. The second-order valence-electron chi connectivity index (χ2n) is 3.82. The molecule has 2 aromatic carbocycles. The quantitative estimate of drug-likeness (QED) is 0.782. The zero-order chi connectivity index (χ0) is 14.0. The summed E-state index contributed by atoms with van der Waals surface area (Å²) in [6, 6.07) is 10.4. The summed E-state index contributed by atoms with van der Waals surface area (Å²) in [7, 11) is 0. The largest absolute Gasteiger partial charge is 0.416 e. The Hall–Kier alpha value is -1.33. The number of benzene rings is 2. The molecule has 0 saturated heterocycles. The number of hydrogen-bond donors (Lipinski definition) is 1.